The smallest absolute Gasteiger partial charge is 0.262 e. The number of hydrogen-bond donors (Lipinski definition) is 1. The van der Waals surface area contributed by atoms with Crippen molar-refractivity contribution in [2.45, 2.75) is 36.9 Å². The van der Waals surface area contributed by atoms with E-state index in [1.54, 1.807) is 23.0 Å². The minimum Gasteiger partial charge on any atom is -0.493 e. The Morgan fingerprint density at radius 1 is 1.38 bits per heavy atom. The molecular weight excluding hydrogens is 406 g/mol. The van der Waals surface area contributed by atoms with Crippen LogP contribution in [0.15, 0.2) is 34.2 Å². The van der Waals surface area contributed by atoms with Gasteiger partial charge in [0.25, 0.3) is 5.56 Å². The van der Waals surface area contributed by atoms with Crippen molar-refractivity contribution < 1.29 is 9.53 Å². The molecule has 2 aromatic heterocycles. The van der Waals surface area contributed by atoms with Gasteiger partial charge < -0.3 is 10.1 Å². The maximum Gasteiger partial charge on any atom is 0.262 e. The van der Waals surface area contributed by atoms with Crippen LogP contribution in [0.4, 0.5) is 0 Å². The van der Waals surface area contributed by atoms with Crippen LogP contribution in [0.3, 0.4) is 0 Å². The van der Waals surface area contributed by atoms with Crippen LogP contribution in [-0.2, 0) is 24.7 Å². The number of rotatable bonds is 4. The minimum absolute atomic E-state index is 0.00401. The number of carbonyl (C=O) groups is 1. The summed E-state index contributed by atoms with van der Waals surface area (Å²) in [5, 5.41) is 4.46. The van der Waals surface area contributed by atoms with Crippen molar-refractivity contribution in [1.82, 2.24) is 14.9 Å². The largest absolute Gasteiger partial charge is 0.493 e. The molecule has 1 atom stereocenters. The molecule has 1 aliphatic carbocycles. The van der Waals surface area contributed by atoms with E-state index < -0.39 is 0 Å². The Morgan fingerprint density at radius 2 is 2.24 bits per heavy atom. The summed E-state index contributed by atoms with van der Waals surface area (Å²) in [5.41, 5.74) is 2.19. The van der Waals surface area contributed by atoms with Gasteiger partial charge in [0.05, 0.1) is 23.8 Å². The second-order valence-electron chi connectivity index (χ2n) is 7.38. The maximum atomic E-state index is 12.9. The Bertz CT molecular complexity index is 1170. The van der Waals surface area contributed by atoms with Crippen molar-refractivity contribution in [2.75, 3.05) is 12.4 Å². The van der Waals surface area contributed by atoms with Crippen molar-refractivity contribution in [1.29, 1.82) is 0 Å². The zero-order valence-electron chi connectivity index (χ0n) is 16.1. The molecule has 5 rings (SSSR count). The van der Waals surface area contributed by atoms with E-state index >= 15 is 0 Å². The van der Waals surface area contributed by atoms with Gasteiger partial charge in [-0.1, -0.05) is 30.0 Å². The molecule has 3 heterocycles. The summed E-state index contributed by atoms with van der Waals surface area (Å²) < 4.78 is 7.24. The predicted molar refractivity (Wildman–Crippen MR) is 115 cm³/mol. The number of thiophene rings is 1. The number of amides is 1. The maximum absolute atomic E-state index is 12.9. The zero-order valence-corrected chi connectivity index (χ0v) is 17.7. The Kier molecular flexibility index (Phi) is 4.83. The molecule has 150 valence electrons. The molecule has 8 heteroatoms. The normalized spacial score (nSPS) is 17.6. The Morgan fingerprint density at radius 3 is 3.14 bits per heavy atom. The van der Waals surface area contributed by atoms with Crippen LogP contribution >= 0.6 is 23.1 Å². The number of carbonyl (C=O) groups excluding carboxylic acids is 1. The summed E-state index contributed by atoms with van der Waals surface area (Å²) in [6.45, 7) is 0.588. The molecule has 0 saturated heterocycles. The summed E-state index contributed by atoms with van der Waals surface area (Å²) in [5.74, 6) is 0.979. The molecule has 29 heavy (non-hydrogen) atoms. The lowest BCUT2D eigenvalue weighted by atomic mass is 10.0. The molecule has 2 aliphatic rings. The van der Waals surface area contributed by atoms with Gasteiger partial charge in [0.15, 0.2) is 5.16 Å². The zero-order chi connectivity index (χ0) is 20.0. The van der Waals surface area contributed by atoms with Crippen molar-refractivity contribution in [3.05, 3.63) is 50.6 Å². The molecule has 3 aromatic rings. The summed E-state index contributed by atoms with van der Waals surface area (Å²) in [6.07, 6.45) is 3.87. The quantitative estimate of drug-likeness (QED) is 0.511. The van der Waals surface area contributed by atoms with Crippen LogP contribution in [0, 0.1) is 0 Å². The van der Waals surface area contributed by atoms with E-state index in [2.05, 4.69) is 5.32 Å². The molecule has 0 spiro atoms. The third kappa shape index (κ3) is 3.34. The number of nitrogens with one attached hydrogen (secondary N) is 1. The fraction of sp³-hybridized carbons (Fsp3) is 0.381. The first-order valence-electron chi connectivity index (χ1n) is 9.77. The summed E-state index contributed by atoms with van der Waals surface area (Å²) in [6, 6.07) is 7.75. The number of thioether (sulfide) groups is 1. The number of ether oxygens (including phenoxy) is 1. The molecule has 1 aromatic carbocycles. The third-order valence-corrected chi connectivity index (χ3v) is 7.75. The van der Waals surface area contributed by atoms with Gasteiger partial charge in [0.1, 0.15) is 10.6 Å². The van der Waals surface area contributed by atoms with Crippen LogP contribution in [-0.4, -0.2) is 27.8 Å². The molecule has 1 unspecified atom stereocenters. The number of fused-ring (bicyclic) bond motifs is 4. The average Bonchev–Trinajstić information content (AvgIpc) is 3.31. The lowest BCUT2D eigenvalue weighted by Crippen LogP contribution is -2.33. The average molecular weight is 428 g/mol. The Hall–Kier alpha value is -2.32. The summed E-state index contributed by atoms with van der Waals surface area (Å²) >= 11 is 2.94. The highest BCUT2D eigenvalue weighted by molar-refractivity contribution is 7.99. The van der Waals surface area contributed by atoms with Gasteiger partial charge in [0, 0.05) is 23.9 Å². The van der Waals surface area contributed by atoms with E-state index in [0.717, 1.165) is 47.2 Å². The lowest BCUT2D eigenvalue weighted by molar-refractivity contribution is -0.119. The van der Waals surface area contributed by atoms with Crippen molar-refractivity contribution in [3.8, 4) is 5.75 Å². The number of hydrogen-bond acceptors (Lipinski definition) is 6. The van der Waals surface area contributed by atoms with Gasteiger partial charge in [-0.15, -0.1) is 11.3 Å². The highest BCUT2D eigenvalue weighted by Gasteiger charge is 2.24. The highest BCUT2D eigenvalue weighted by atomic mass is 32.2. The molecule has 1 N–H and O–H groups in total. The second-order valence-corrected chi connectivity index (χ2v) is 9.41. The van der Waals surface area contributed by atoms with Crippen molar-refractivity contribution >= 4 is 39.2 Å². The molecule has 0 saturated carbocycles. The number of aryl methyl sites for hydroxylation is 2. The van der Waals surface area contributed by atoms with Crippen LogP contribution in [0.25, 0.3) is 10.2 Å². The third-order valence-electron chi connectivity index (χ3n) is 5.53. The fourth-order valence-corrected chi connectivity index (χ4v) is 6.18. The highest BCUT2D eigenvalue weighted by Crippen LogP contribution is 2.35. The van der Waals surface area contributed by atoms with E-state index in [1.807, 2.05) is 24.3 Å². The summed E-state index contributed by atoms with van der Waals surface area (Å²) in [7, 11) is 1.74. The number of benzene rings is 1. The second kappa shape index (κ2) is 7.50. The monoisotopic (exact) mass is 427 g/mol. The Balaban J connectivity index is 1.32. The molecule has 0 bridgehead atoms. The van der Waals surface area contributed by atoms with Gasteiger partial charge in [-0.25, -0.2) is 4.98 Å². The fourth-order valence-electron chi connectivity index (χ4n) is 4.09. The van der Waals surface area contributed by atoms with E-state index in [9.17, 15) is 9.59 Å². The first-order chi connectivity index (χ1) is 14.1. The molecule has 1 aliphatic heterocycles. The molecule has 0 fully saturated rings. The Labute approximate surface area is 176 Å². The van der Waals surface area contributed by atoms with Gasteiger partial charge >= 0.3 is 0 Å². The molecule has 6 nitrogen and oxygen atoms in total. The van der Waals surface area contributed by atoms with Crippen LogP contribution in [0.5, 0.6) is 5.75 Å². The van der Waals surface area contributed by atoms with Crippen LogP contribution < -0.4 is 15.6 Å². The standard InChI is InChI=1S/C21H21N3O3S2/c1-24-20(26)18-13-6-4-8-16(13)29-19(18)23-21(24)28-11-17(25)22-14-9-10-27-15-7-3-2-5-12(14)15/h2-3,5,7,14H,4,6,8-11H2,1H3,(H,22,25). The predicted octanol–water partition coefficient (Wildman–Crippen LogP) is 3.22. The number of para-hydroxylation sites is 1. The van der Waals surface area contributed by atoms with E-state index in [0.29, 0.717) is 11.8 Å². The SMILES string of the molecule is Cn1c(SCC(=O)NC2CCOc3ccccc32)nc2sc3c(c2c1=O)CCC3. The number of aromatic nitrogens is 2. The summed E-state index contributed by atoms with van der Waals surface area (Å²) in [4.78, 5) is 32.3. The first kappa shape index (κ1) is 18.7. The topological polar surface area (TPSA) is 73.2 Å². The van der Waals surface area contributed by atoms with E-state index in [-0.39, 0.29) is 23.3 Å². The van der Waals surface area contributed by atoms with Gasteiger partial charge in [-0.2, -0.15) is 0 Å². The van der Waals surface area contributed by atoms with Crippen LogP contribution in [0.1, 0.15) is 34.9 Å². The lowest BCUT2D eigenvalue weighted by Gasteiger charge is -2.26. The molecule has 0 radical (unpaired) electrons. The van der Waals surface area contributed by atoms with Crippen molar-refractivity contribution in [2.24, 2.45) is 7.05 Å². The van der Waals surface area contributed by atoms with Gasteiger partial charge in [0.2, 0.25) is 5.91 Å². The molecule has 1 amide bonds. The van der Waals surface area contributed by atoms with E-state index in [1.165, 1.54) is 22.2 Å². The molecular formula is C21H21N3O3S2. The van der Waals surface area contributed by atoms with Gasteiger partial charge in [-0.3, -0.25) is 14.2 Å². The van der Waals surface area contributed by atoms with Crippen LogP contribution in [0.2, 0.25) is 0 Å². The van der Waals surface area contributed by atoms with E-state index in [4.69, 9.17) is 9.72 Å². The van der Waals surface area contributed by atoms with Crippen molar-refractivity contribution in [3.63, 3.8) is 0 Å². The first-order valence-corrected chi connectivity index (χ1v) is 11.6. The van der Waals surface area contributed by atoms with Gasteiger partial charge in [-0.05, 0) is 30.9 Å². The number of nitrogens with zero attached hydrogens (tertiary/aromatic N) is 2. The minimum atomic E-state index is -0.0697.